The molecular weight excluding hydrogens is 492 g/mol. The minimum Gasteiger partial charge on any atom is -0.495 e. The molecule has 37 heavy (non-hydrogen) atoms. The van der Waals surface area contributed by atoms with Gasteiger partial charge in [0, 0.05) is 24.5 Å². The molecule has 10 nitrogen and oxygen atoms in total. The summed E-state index contributed by atoms with van der Waals surface area (Å²) in [6.07, 6.45) is 1.78. The van der Waals surface area contributed by atoms with Crippen LogP contribution < -0.4 is 4.74 Å². The molecule has 3 aliphatic rings. The van der Waals surface area contributed by atoms with Crippen LogP contribution in [0.2, 0.25) is 0 Å². The summed E-state index contributed by atoms with van der Waals surface area (Å²) in [6, 6.07) is 7.95. The first kappa shape index (κ1) is 25.0. The fraction of sp³-hybridized carbons (Fsp3) is 0.346. The third-order valence-electron chi connectivity index (χ3n) is 6.51. The van der Waals surface area contributed by atoms with E-state index in [2.05, 4.69) is 20.7 Å². The fourth-order valence-corrected chi connectivity index (χ4v) is 5.47. The Morgan fingerprint density at radius 3 is 2.70 bits per heavy atom. The quantitative estimate of drug-likeness (QED) is 0.606. The summed E-state index contributed by atoms with van der Waals surface area (Å²) < 4.78 is 13.0. The average Bonchev–Trinajstić information content (AvgIpc) is 3.41. The van der Waals surface area contributed by atoms with Gasteiger partial charge < -0.3 is 18.9 Å². The molecule has 0 radical (unpaired) electrons. The molecule has 0 aliphatic carbocycles. The number of hydrogen-bond donors (Lipinski definition) is 1. The molecule has 0 saturated carbocycles. The van der Waals surface area contributed by atoms with Crippen LogP contribution in [0.1, 0.15) is 28.9 Å². The predicted octanol–water partition coefficient (Wildman–Crippen LogP) is 3.28. The Hall–Kier alpha value is -3.70. The molecular formula is C26H28N6O4S. The number of thioether (sulfide) groups is 1. The maximum Gasteiger partial charge on any atom is 0.283 e. The molecule has 1 aromatic heterocycles. The zero-order valence-electron chi connectivity index (χ0n) is 21.2. The number of morpholine rings is 1. The maximum atomic E-state index is 12.9. The standard InChI is InChI=1S/C26H28N6O4S/c1-15-5-6-21(35-4)20(11-15)31-16(2)12-18(17(31)3)13-19-24(27)32-26(28-25(19)34)37-22(29-32)14-23(33)30-7-9-36-10-8-30/h5-6,11-13,27H,7-10,14H2,1-4H3. The Morgan fingerprint density at radius 2 is 1.97 bits per heavy atom. The second-order valence-corrected chi connectivity index (χ2v) is 10.1. The zero-order chi connectivity index (χ0) is 26.3. The Morgan fingerprint density at radius 1 is 1.22 bits per heavy atom. The van der Waals surface area contributed by atoms with Crippen LogP contribution in [0.4, 0.5) is 0 Å². The van der Waals surface area contributed by atoms with E-state index in [1.54, 1.807) is 18.1 Å². The van der Waals surface area contributed by atoms with Crippen molar-refractivity contribution in [2.45, 2.75) is 27.2 Å². The van der Waals surface area contributed by atoms with Gasteiger partial charge in [0.05, 0.1) is 38.0 Å². The number of nitrogens with zero attached hydrogens (tertiary/aromatic N) is 5. The third kappa shape index (κ3) is 4.72. The number of aliphatic imine (C=N–C) groups is 1. The Bertz CT molecular complexity index is 1400. The molecule has 1 saturated heterocycles. The highest BCUT2D eigenvalue weighted by Gasteiger charge is 2.36. The largest absolute Gasteiger partial charge is 0.495 e. The Balaban J connectivity index is 1.42. The third-order valence-corrected chi connectivity index (χ3v) is 7.42. The molecule has 3 aliphatic heterocycles. The molecule has 1 aromatic carbocycles. The molecule has 192 valence electrons. The Labute approximate surface area is 219 Å². The van der Waals surface area contributed by atoms with E-state index >= 15 is 0 Å². The van der Waals surface area contributed by atoms with Crippen molar-refractivity contribution in [2.24, 2.45) is 10.1 Å². The molecule has 1 N–H and O–H groups in total. The number of hydrogen-bond acceptors (Lipinski definition) is 7. The number of carbonyl (C=O) groups excluding carboxylic acids is 2. The van der Waals surface area contributed by atoms with E-state index in [9.17, 15) is 9.59 Å². The number of aromatic nitrogens is 1. The van der Waals surface area contributed by atoms with Gasteiger partial charge in [0.15, 0.2) is 5.84 Å². The average molecular weight is 521 g/mol. The number of ether oxygens (including phenoxy) is 2. The summed E-state index contributed by atoms with van der Waals surface area (Å²) in [5.41, 5.74) is 4.81. The summed E-state index contributed by atoms with van der Waals surface area (Å²) >= 11 is 1.16. The first-order valence-electron chi connectivity index (χ1n) is 12.0. The molecule has 0 atom stereocenters. The number of hydrazone groups is 1. The summed E-state index contributed by atoms with van der Waals surface area (Å²) in [5, 5.41) is 15.3. The SMILES string of the molecule is COc1ccc(C)cc1-n1c(C)cc(C=C2C(=N)N3N=C(CC(=O)N4CCOCC4)SC3=NC2=O)c1C. The summed E-state index contributed by atoms with van der Waals surface area (Å²) in [6.45, 7) is 8.12. The van der Waals surface area contributed by atoms with Crippen LogP contribution in [0.25, 0.3) is 11.8 Å². The highest BCUT2D eigenvalue weighted by Crippen LogP contribution is 2.32. The number of carbonyl (C=O) groups is 2. The topological polar surface area (TPSA) is 113 Å². The van der Waals surface area contributed by atoms with Gasteiger partial charge in [0.25, 0.3) is 5.91 Å². The van der Waals surface area contributed by atoms with Crippen molar-refractivity contribution in [2.75, 3.05) is 33.4 Å². The number of amidine groups is 2. The van der Waals surface area contributed by atoms with Crippen molar-refractivity contribution >= 4 is 45.7 Å². The maximum absolute atomic E-state index is 12.9. The van der Waals surface area contributed by atoms with E-state index < -0.39 is 5.91 Å². The van der Waals surface area contributed by atoms with E-state index in [1.165, 1.54) is 5.01 Å². The molecule has 2 aromatic rings. The van der Waals surface area contributed by atoms with Gasteiger partial charge in [-0.2, -0.15) is 15.1 Å². The van der Waals surface area contributed by atoms with Crippen LogP contribution in [-0.4, -0.2) is 75.8 Å². The van der Waals surface area contributed by atoms with Gasteiger partial charge in [-0.1, -0.05) is 6.07 Å². The van der Waals surface area contributed by atoms with Gasteiger partial charge in [0.1, 0.15) is 10.8 Å². The lowest BCUT2D eigenvalue weighted by Gasteiger charge is -2.26. The van der Waals surface area contributed by atoms with Crippen LogP contribution in [0.3, 0.4) is 0 Å². The number of nitrogens with one attached hydrogen (secondary N) is 1. The van der Waals surface area contributed by atoms with E-state index in [1.807, 2.05) is 39.0 Å². The predicted molar refractivity (Wildman–Crippen MR) is 144 cm³/mol. The smallest absolute Gasteiger partial charge is 0.283 e. The van der Waals surface area contributed by atoms with Crippen LogP contribution >= 0.6 is 11.8 Å². The molecule has 0 unspecified atom stereocenters. The van der Waals surface area contributed by atoms with E-state index in [-0.39, 0.29) is 23.7 Å². The summed E-state index contributed by atoms with van der Waals surface area (Å²) in [5.74, 6) is 0.124. The van der Waals surface area contributed by atoms with Crippen LogP contribution in [0, 0.1) is 26.2 Å². The molecule has 4 heterocycles. The fourth-order valence-electron chi connectivity index (χ4n) is 4.59. The first-order chi connectivity index (χ1) is 17.8. The molecule has 11 heteroatoms. The molecule has 5 rings (SSSR count). The van der Waals surface area contributed by atoms with E-state index in [0.29, 0.717) is 36.5 Å². The molecule has 0 bridgehead atoms. The normalized spacial score (nSPS) is 18.8. The minimum atomic E-state index is -0.502. The summed E-state index contributed by atoms with van der Waals surface area (Å²) in [7, 11) is 1.64. The number of methoxy groups -OCH3 is 1. The lowest BCUT2D eigenvalue weighted by atomic mass is 10.1. The molecule has 2 amide bonds. The van der Waals surface area contributed by atoms with E-state index in [4.69, 9.17) is 14.9 Å². The number of rotatable bonds is 5. The van der Waals surface area contributed by atoms with Crippen molar-refractivity contribution in [1.82, 2.24) is 14.5 Å². The number of aryl methyl sites for hydroxylation is 2. The zero-order valence-corrected chi connectivity index (χ0v) is 22.0. The molecule has 0 spiro atoms. The van der Waals surface area contributed by atoms with Gasteiger partial charge in [0.2, 0.25) is 11.1 Å². The van der Waals surface area contributed by atoms with Gasteiger partial charge >= 0.3 is 0 Å². The second kappa shape index (κ2) is 9.98. The van der Waals surface area contributed by atoms with Crippen molar-refractivity contribution in [3.8, 4) is 11.4 Å². The highest BCUT2D eigenvalue weighted by molar-refractivity contribution is 8.27. The van der Waals surface area contributed by atoms with Crippen LogP contribution in [0.15, 0.2) is 39.9 Å². The van der Waals surface area contributed by atoms with Crippen molar-refractivity contribution < 1.29 is 19.1 Å². The number of amides is 2. The highest BCUT2D eigenvalue weighted by atomic mass is 32.2. The van der Waals surface area contributed by atoms with E-state index in [0.717, 1.165) is 45.7 Å². The summed E-state index contributed by atoms with van der Waals surface area (Å²) in [4.78, 5) is 31.5. The lowest BCUT2D eigenvalue weighted by molar-refractivity contribution is -0.133. The van der Waals surface area contributed by atoms with Gasteiger partial charge in [-0.3, -0.25) is 15.0 Å². The van der Waals surface area contributed by atoms with Crippen LogP contribution in [-0.2, 0) is 14.3 Å². The second-order valence-electron chi connectivity index (χ2n) is 9.02. The van der Waals surface area contributed by atoms with Crippen molar-refractivity contribution in [3.63, 3.8) is 0 Å². The van der Waals surface area contributed by atoms with Gasteiger partial charge in [-0.15, -0.1) is 0 Å². The van der Waals surface area contributed by atoms with Crippen molar-refractivity contribution in [1.29, 1.82) is 5.41 Å². The van der Waals surface area contributed by atoms with Gasteiger partial charge in [-0.25, -0.2) is 0 Å². The number of fused-ring (bicyclic) bond motifs is 1. The monoisotopic (exact) mass is 520 g/mol. The molecule has 1 fully saturated rings. The Kier molecular flexibility index (Phi) is 6.74. The number of benzene rings is 1. The lowest BCUT2D eigenvalue weighted by Crippen LogP contribution is -2.41. The van der Waals surface area contributed by atoms with Crippen molar-refractivity contribution in [3.05, 3.63) is 52.4 Å². The minimum absolute atomic E-state index is 0.0531. The van der Waals surface area contributed by atoms with Gasteiger partial charge in [-0.05, 0) is 67.9 Å². The van der Waals surface area contributed by atoms with Crippen LogP contribution in [0.5, 0.6) is 5.75 Å². The first-order valence-corrected chi connectivity index (χ1v) is 12.8.